The van der Waals surface area contributed by atoms with E-state index in [4.69, 9.17) is 0 Å². The number of hydrogen-bond donors (Lipinski definition) is 2. The van der Waals surface area contributed by atoms with Crippen molar-refractivity contribution in [1.29, 1.82) is 0 Å². The van der Waals surface area contributed by atoms with Crippen LogP contribution < -0.4 is 10.6 Å². The Morgan fingerprint density at radius 3 is 1.97 bits per heavy atom. The molecule has 0 bridgehead atoms. The number of anilines is 1. The van der Waals surface area contributed by atoms with Gasteiger partial charge in [0.25, 0.3) is 0 Å². The zero-order chi connectivity index (χ0) is 24.4. The summed E-state index contributed by atoms with van der Waals surface area (Å²) < 4.78 is 107. The SMILES string of the molecule is O=C(Nc1c(F)cccc1F)NC(c1ccc(C(F)(F)F)cc1)c1ncccc1C(F)(F)F. The molecule has 1 aromatic heterocycles. The number of aromatic nitrogens is 1. The molecule has 174 valence electrons. The molecular formula is C21H13F8N3O. The largest absolute Gasteiger partial charge is 0.418 e. The summed E-state index contributed by atoms with van der Waals surface area (Å²) >= 11 is 0. The molecule has 0 saturated heterocycles. The molecule has 12 heteroatoms. The van der Waals surface area contributed by atoms with Gasteiger partial charge in [0.1, 0.15) is 17.3 Å². The number of nitrogens with one attached hydrogen (secondary N) is 2. The Morgan fingerprint density at radius 2 is 1.42 bits per heavy atom. The topological polar surface area (TPSA) is 54.0 Å². The van der Waals surface area contributed by atoms with Crippen LogP contribution in [0.15, 0.2) is 60.8 Å². The average molecular weight is 475 g/mol. The first-order valence-electron chi connectivity index (χ1n) is 9.08. The first-order valence-corrected chi connectivity index (χ1v) is 9.08. The van der Waals surface area contributed by atoms with Gasteiger partial charge in [-0.3, -0.25) is 4.98 Å². The van der Waals surface area contributed by atoms with Crippen molar-refractivity contribution in [2.75, 3.05) is 5.32 Å². The third kappa shape index (κ3) is 5.57. The van der Waals surface area contributed by atoms with Crippen LogP contribution in [-0.4, -0.2) is 11.0 Å². The summed E-state index contributed by atoms with van der Waals surface area (Å²) in [4.78, 5) is 16.1. The van der Waals surface area contributed by atoms with Crippen molar-refractivity contribution in [3.63, 3.8) is 0 Å². The van der Waals surface area contributed by atoms with Gasteiger partial charge in [-0.2, -0.15) is 26.3 Å². The van der Waals surface area contributed by atoms with E-state index in [0.717, 1.165) is 42.6 Å². The second-order valence-electron chi connectivity index (χ2n) is 6.68. The molecule has 1 unspecified atom stereocenters. The van der Waals surface area contributed by atoms with Crippen LogP contribution in [0.25, 0.3) is 0 Å². The van der Waals surface area contributed by atoms with E-state index in [1.165, 1.54) is 0 Å². The quantitative estimate of drug-likeness (QED) is 0.435. The molecule has 0 aliphatic heterocycles. The number of amides is 2. The maximum atomic E-state index is 13.8. The van der Waals surface area contributed by atoms with Gasteiger partial charge < -0.3 is 10.6 Å². The van der Waals surface area contributed by atoms with E-state index < -0.39 is 58.6 Å². The first-order chi connectivity index (χ1) is 15.4. The van der Waals surface area contributed by atoms with Gasteiger partial charge in [0.05, 0.1) is 22.9 Å². The lowest BCUT2D eigenvalue weighted by molar-refractivity contribution is -0.139. The summed E-state index contributed by atoms with van der Waals surface area (Å²) in [6, 6.07) is 4.33. The van der Waals surface area contributed by atoms with Crippen LogP contribution >= 0.6 is 0 Å². The van der Waals surface area contributed by atoms with Gasteiger partial charge in [-0.1, -0.05) is 18.2 Å². The highest BCUT2D eigenvalue weighted by Crippen LogP contribution is 2.36. The summed E-state index contributed by atoms with van der Waals surface area (Å²) in [7, 11) is 0. The zero-order valence-corrected chi connectivity index (χ0v) is 16.2. The normalized spacial score (nSPS) is 12.8. The van der Waals surface area contributed by atoms with Crippen LogP contribution in [0.5, 0.6) is 0 Å². The molecule has 1 atom stereocenters. The minimum atomic E-state index is -4.91. The monoisotopic (exact) mass is 475 g/mol. The van der Waals surface area contributed by atoms with Crippen molar-refractivity contribution in [3.05, 3.63) is 94.8 Å². The van der Waals surface area contributed by atoms with Crippen LogP contribution in [0.3, 0.4) is 0 Å². The van der Waals surface area contributed by atoms with Gasteiger partial charge >= 0.3 is 18.4 Å². The fourth-order valence-corrected chi connectivity index (χ4v) is 2.96. The first kappa shape index (κ1) is 24.0. The van der Waals surface area contributed by atoms with E-state index in [-0.39, 0.29) is 5.56 Å². The predicted molar refractivity (Wildman–Crippen MR) is 101 cm³/mol. The van der Waals surface area contributed by atoms with Gasteiger partial charge in [-0.05, 0) is 42.0 Å². The molecule has 3 rings (SSSR count). The number of para-hydroxylation sites is 1. The van der Waals surface area contributed by atoms with E-state index in [9.17, 15) is 39.9 Å². The molecular weight excluding hydrogens is 462 g/mol. The molecule has 0 aliphatic rings. The Bertz CT molecular complexity index is 1120. The number of rotatable bonds is 4. The smallest absolute Gasteiger partial charge is 0.325 e. The number of hydrogen-bond acceptors (Lipinski definition) is 2. The van der Waals surface area contributed by atoms with E-state index >= 15 is 0 Å². The van der Waals surface area contributed by atoms with Crippen molar-refractivity contribution in [1.82, 2.24) is 10.3 Å². The maximum Gasteiger partial charge on any atom is 0.418 e. The summed E-state index contributed by atoms with van der Waals surface area (Å²) in [6.45, 7) is 0. The molecule has 2 N–H and O–H groups in total. The number of pyridine rings is 1. The van der Waals surface area contributed by atoms with E-state index in [1.54, 1.807) is 0 Å². The number of alkyl halides is 6. The molecule has 0 spiro atoms. The van der Waals surface area contributed by atoms with Crippen LogP contribution in [0.4, 0.5) is 45.6 Å². The summed E-state index contributed by atoms with van der Waals surface area (Å²) in [6.07, 6.45) is -8.62. The molecule has 0 aliphatic carbocycles. The van der Waals surface area contributed by atoms with E-state index in [0.29, 0.717) is 18.2 Å². The van der Waals surface area contributed by atoms with Crippen molar-refractivity contribution in [2.24, 2.45) is 0 Å². The lowest BCUT2D eigenvalue weighted by Crippen LogP contribution is -2.35. The fraction of sp³-hybridized carbons (Fsp3) is 0.143. The number of benzene rings is 2. The minimum Gasteiger partial charge on any atom is -0.325 e. The van der Waals surface area contributed by atoms with Gasteiger partial charge in [0, 0.05) is 6.20 Å². The number of carbonyl (C=O) groups is 1. The standard InChI is InChI=1S/C21H13F8N3O/c22-14-4-1-5-15(23)18(14)32-19(33)31-16(11-6-8-12(9-7-11)20(24,25)26)17-13(21(27,28)29)3-2-10-30-17/h1-10,16H,(H2,31,32,33). The number of halogens is 8. The highest BCUT2D eigenvalue weighted by Gasteiger charge is 2.37. The Morgan fingerprint density at radius 1 is 0.818 bits per heavy atom. The minimum absolute atomic E-state index is 0.184. The van der Waals surface area contributed by atoms with Crippen LogP contribution in [0.1, 0.15) is 28.4 Å². The number of carbonyl (C=O) groups excluding carboxylic acids is 1. The van der Waals surface area contributed by atoms with Crippen LogP contribution in [0.2, 0.25) is 0 Å². The Kier molecular flexibility index (Phi) is 6.56. The summed E-state index contributed by atoms with van der Waals surface area (Å²) in [5.41, 5.74) is -4.10. The lowest BCUT2D eigenvalue weighted by atomic mass is 9.98. The third-order valence-electron chi connectivity index (χ3n) is 4.47. The van der Waals surface area contributed by atoms with Gasteiger partial charge in [-0.15, -0.1) is 0 Å². The Hall–Kier alpha value is -3.70. The Labute approximate surface area is 181 Å². The van der Waals surface area contributed by atoms with E-state index in [2.05, 4.69) is 10.3 Å². The highest BCUT2D eigenvalue weighted by molar-refractivity contribution is 5.90. The summed E-state index contributed by atoms with van der Waals surface area (Å²) in [5, 5.41) is 3.95. The van der Waals surface area contributed by atoms with Gasteiger partial charge in [0.15, 0.2) is 0 Å². The van der Waals surface area contributed by atoms with Crippen LogP contribution in [-0.2, 0) is 12.4 Å². The number of urea groups is 1. The second-order valence-corrected chi connectivity index (χ2v) is 6.68. The Balaban J connectivity index is 2.02. The molecule has 0 fully saturated rings. The van der Waals surface area contributed by atoms with Crippen molar-refractivity contribution in [2.45, 2.75) is 18.4 Å². The average Bonchev–Trinajstić information content (AvgIpc) is 2.74. The predicted octanol–water partition coefficient (Wildman–Crippen LogP) is 6.31. The zero-order valence-electron chi connectivity index (χ0n) is 16.2. The molecule has 0 radical (unpaired) electrons. The van der Waals surface area contributed by atoms with Crippen molar-refractivity contribution in [3.8, 4) is 0 Å². The molecule has 0 saturated carbocycles. The highest BCUT2D eigenvalue weighted by atomic mass is 19.4. The molecule has 2 amide bonds. The molecule has 33 heavy (non-hydrogen) atoms. The third-order valence-corrected chi connectivity index (χ3v) is 4.47. The maximum absolute atomic E-state index is 13.8. The second kappa shape index (κ2) is 9.04. The lowest BCUT2D eigenvalue weighted by Gasteiger charge is -2.23. The van der Waals surface area contributed by atoms with Crippen LogP contribution in [0, 0.1) is 11.6 Å². The molecule has 1 heterocycles. The van der Waals surface area contributed by atoms with E-state index in [1.807, 2.05) is 5.32 Å². The van der Waals surface area contributed by atoms with Crippen molar-refractivity contribution < 1.29 is 39.9 Å². The van der Waals surface area contributed by atoms with Gasteiger partial charge in [0.2, 0.25) is 0 Å². The van der Waals surface area contributed by atoms with Gasteiger partial charge in [-0.25, -0.2) is 13.6 Å². The summed E-state index contributed by atoms with van der Waals surface area (Å²) in [5.74, 6) is -2.30. The molecule has 4 nitrogen and oxygen atoms in total. The number of nitrogens with zero attached hydrogens (tertiary/aromatic N) is 1. The molecule has 3 aromatic rings. The van der Waals surface area contributed by atoms with Crippen molar-refractivity contribution >= 4 is 11.7 Å². The fourth-order valence-electron chi connectivity index (χ4n) is 2.96. The molecule has 2 aromatic carbocycles.